The molecule has 3 aromatic rings. The smallest absolute Gasteiger partial charge is 0.225 e. The van der Waals surface area contributed by atoms with E-state index >= 15 is 0 Å². The third-order valence-electron chi connectivity index (χ3n) is 5.22. The van der Waals surface area contributed by atoms with Gasteiger partial charge < -0.3 is 14.8 Å². The van der Waals surface area contributed by atoms with Crippen molar-refractivity contribution in [2.75, 3.05) is 13.2 Å². The Kier molecular flexibility index (Phi) is 6.27. The number of aromatic nitrogens is 3. The zero-order valence-corrected chi connectivity index (χ0v) is 17.0. The first-order chi connectivity index (χ1) is 14.7. The number of nitrogens with zero attached hydrogens (tertiary/aromatic N) is 3. The van der Waals surface area contributed by atoms with Crippen molar-refractivity contribution in [3.8, 4) is 11.5 Å². The second-order valence-corrected chi connectivity index (χ2v) is 7.51. The molecule has 156 valence electrons. The lowest BCUT2D eigenvalue weighted by molar-refractivity contribution is -0.125. The molecular weight excluding hydrogens is 380 g/mol. The van der Waals surface area contributed by atoms with E-state index in [4.69, 9.17) is 9.47 Å². The van der Waals surface area contributed by atoms with Gasteiger partial charge in [-0.2, -0.15) is 5.10 Å². The van der Waals surface area contributed by atoms with Gasteiger partial charge in [-0.15, -0.1) is 0 Å². The standard InChI is InChI=1S/C23H26N4O3/c1-17(14-27-16-24-15-25-27)23(28)26-20(9-7-18-5-3-2-4-6-18)19-8-10-21-22(13-19)30-12-11-29-21/h2-6,8,10,13,15-17,20H,7,9,11-12,14H2,1H3,(H,26,28). The van der Waals surface area contributed by atoms with E-state index in [1.165, 1.54) is 11.9 Å². The Bertz CT molecular complexity index is 960. The molecule has 4 rings (SSSR count). The second-order valence-electron chi connectivity index (χ2n) is 7.51. The third-order valence-corrected chi connectivity index (χ3v) is 5.22. The summed E-state index contributed by atoms with van der Waals surface area (Å²) in [4.78, 5) is 16.9. The Labute approximate surface area is 176 Å². The van der Waals surface area contributed by atoms with Gasteiger partial charge in [-0.05, 0) is 36.1 Å². The first-order valence-electron chi connectivity index (χ1n) is 10.3. The number of amides is 1. The van der Waals surface area contributed by atoms with Crippen LogP contribution in [0.3, 0.4) is 0 Å². The summed E-state index contributed by atoms with van der Waals surface area (Å²) < 4.78 is 13.1. The second kappa shape index (κ2) is 9.43. The number of aryl methyl sites for hydroxylation is 1. The Morgan fingerprint density at radius 3 is 2.70 bits per heavy atom. The van der Waals surface area contributed by atoms with Gasteiger partial charge in [0.05, 0.1) is 18.5 Å². The van der Waals surface area contributed by atoms with Crippen LogP contribution in [0.25, 0.3) is 0 Å². The predicted molar refractivity (Wildman–Crippen MR) is 112 cm³/mol. The van der Waals surface area contributed by atoms with Gasteiger partial charge >= 0.3 is 0 Å². The minimum absolute atomic E-state index is 0.0153. The van der Waals surface area contributed by atoms with Gasteiger partial charge in [0, 0.05) is 0 Å². The van der Waals surface area contributed by atoms with Gasteiger partial charge in [-0.3, -0.25) is 9.48 Å². The van der Waals surface area contributed by atoms with Gasteiger partial charge in [0.15, 0.2) is 11.5 Å². The van der Waals surface area contributed by atoms with Crippen LogP contribution in [0.4, 0.5) is 0 Å². The molecule has 0 saturated carbocycles. The number of fused-ring (bicyclic) bond motifs is 1. The number of carbonyl (C=O) groups excluding carboxylic acids is 1. The number of nitrogens with one attached hydrogen (secondary N) is 1. The summed E-state index contributed by atoms with van der Waals surface area (Å²) in [5.74, 6) is 1.23. The predicted octanol–water partition coefficient (Wildman–Crippen LogP) is 3.18. The van der Waals surface area contributed by atoms with Crippen molar-refractivity contribution < 1.29 is 14.3 Å². The third kappa shape index (κ3) is 4.97. The largest absolute Gasteiger partial charge is 0.486 e. The molecule has 2 heterocycles. The maximum absolute atomic E-state index is 12.9. The zero-order valence-electron chi connectivity index (χ0n) is 17.0. The molecule has 2 atom stereocenters. The van der Waals surface area contributed by atoms with E-state index in [0.717, 1.165) is 29.9 Å². The van der Waals surface area contributed by atoms with Crippen molar-refractivity contribution in [1.82, 2.24) is 20.1 Å². The van der Waals surface area contributed by atoms with E-state index in [1.807, 2.05) is 43.3 Å². The van der Waals surface area contributed by atoms with E-state index in [-0.39, 0.29) is 17.9 Å². The van der Waals surface area contributed by atoms with Crippen LogP contribution >= 0.6 is 0 Å². The molecule has 0 fully saturated rings. The molecule has 2 aromatic carbocycles. The monoisotopic (exact) mass is 406 g/mol. The van der Waals surface area contributed by atoms with Crippen molar-refractivity contribution in [3.63, 3.8) is 0 Å². The van der Waals surface area contributed by atoms with Gasteiger partial charge in [0.25, 0.3) is 0 Å². The van der Waals surface area contributed by atoms with Gasteiger partial charge in [0.2, 0.25) is 5.91 Å². The number of ether oxygens (including phenoxy) is 2. The summed E-state index contributed by atoms with van der Waals surface area (Å²) in [7, 11) is 0. The normalized spacial score (nSPS) is 14.7. The SMILES string of the molecule is CC(Cn1cncn1)C(=O)NC(CCc1ccccc1)c1ccc2c(c1)OCCO2. The van der Waals surface area contributed by atoms with E-state index < -0.39 is 0 Å². The van der Waals surface area contributed by atoms with Gasteiger partial charge in [-0.25, -0.2) is 4.98 Å². The first kappa shape index (κ1) is 19.9. The van der Waals surface area contributed by atoms with Crippen molar-refractivity contribution in [1.29, 1.82) is 0 Å². The van der Waals surface area contributed by atoms with E-state index in [9.17, 15) is 4.79 Å². The van der Waals surface area contributed by atoms with Crippen LogP contribution in [0, 0.1) is 5.92 Å². The lowest BCUT2D eigenvalue weighted by atomic mass is 9.97. The van der Waals surface area contributed by atoms with Crippen LogP contribution in [0.5, 0.6) is 11.5 Å². The van der Waals surface area contributed by atoms with E-state index in [0.29, 0.717) is 19.8 Å². The molecule has 1 aliphatic rings. The highest BCUT2D eigenvalue weighted by Crippen LogP contribution is 2.33. The summed E-state index contributed by atoms with van der Waals surface area (Å²) >= 11 is 0. The lowest BCUT2D eigenvalue weighted by Crippen LogP contribution is -2.35. The highest BCUT2D eigenvalue weighted by molar-refractivity contribution is 5.78. The molecule has 7 nitrogen and oxygen atoms in total. The van der Waals surface area contributed by atoms with Gasteiger partial charge in [-0.1, -0.05) is 43.3 Å². The molecule has 30 heavy (non-hydrogen) atoms. The summed E-state index contributed by atoms with van der Waals surface area (Å²) in [6, 6.07) is 16.1. The zero-order chi connectivity index (χ0) is 20.8. The number of hydrogen-bond donors (Lipinski definition) is 1. The molecule has 1 aliphatic heterocycles. The topological polar surface area (TPSA) is 78.3 Å². The van der Waals surface area contributed by atoms with Crippen LogP contribution in [-0.2, 0) is 17.8 Å². The molecule has 0 saturated heterocycles. The molecule has 0 radical (unpaired) electrons. The molecule has 0 aliphatic carbocycles. The van der Waals surface area contributed by atoms with Crippen molar-refractivity contribution in [2.45, 2.75) is 32.4 Å². The molecule has 0 spiro atoms. The van der Waals surface area contributed by atoms with Crippen LogP contribution in [0.1, 0.15) is 30.5 Å². The average Bonchev–Trinajstić information content (AvgIpc) is 3.30. The Balaban J connectivity index is 1.49. The van der Waals surface area contributed by atoms with Gasteiger partial charge in [0.1, 0.15) is 25.9 Å². The fourth-order valence-electron chi connectivity index (χ4n) is 3.56. The Hall–Kier alpha value is -3.35. The first-order valence-corrected chi connectivity index (χ1v) is 10.3. The maximum atomic E-state index is 12.9. The summed E-state index contributed by atoms with van der Waals surface area (Å²) in [6.45, 7) is 3.47. The van der Waals surface area contributed by atoms with Crippen LogP contribution in [0.2, 0.25) is 0 Å². The molecule has 0 bridgehead atoms. The lowest BCUT2D eigenvalue weighted by Gasteiger charge is -2.24. The average molecular weight is 406 g/mol. The molecule has 2 unspecified atom stereocenters. The van der Waals surface area contributed by atoms with E-state index in [1.54, 1.807) is 11.0 Å². The number of carbonyl (C=O) groups is 1. The maximum Gasteiger partial charge on any atom is 0.225 e. The Morgan fingerprint density at radius 2 is 1.93 bits per heavy atom. The van der Waals surface area contributed by atoms with E-state index in [2.05, 4.69) is 27.5 Å². The highest BCUT2D eigenvalue weighted by Gasteiger charge is 2.22. The van der Waals surface area contributed by atoms with Crippen molar-refractivity contribution >= 4 is 5.91 Å². The number of benzene rings is 2. The number of rotatable bonds is 8. The Morgan fingerprint density at radius 1 is 1.13 bits per heavy atom. The molecule has 7 heteroatoms. The summed E-state index contributed by atoms with van der Waals surface area (Å²) in [5, 5.41) is 7.32. The molecular formula is C23H26N4O3. The van der Waals surface area contributed by atoms with Crippen molar-refractivity contribution in [3.05, 3.63) is 72.3 Å². The summed E-state index contributed by atoms with van der Waals surface area (Å²) in [5.41, 5.74) is 2.25. The molecule has 1 amide bonds. The van der Waals surface area contributed by atoms with Crippen LogP contribution in [-0.4, -0.2) is 33.9 Å². The fourth-order valence-corrected chi connectivity index (χ4v) is 3.56. The van der Waals surface area contributed by atoms with Crippen molar-refractivity contribution in [2.24, 2.45) is 5.92 Å². The number of hydrogen-bond acceptors (Lipinski definition) is 5. The van der Waals surface area contributed by atoms with Crippen LogP contribution < -0.4 is 14.8 Å². The summed E-state index contributed by atoms with van der Waals surface area (Å²) in [6.07, 6.45) is 4.74. The molecule has 1 N–H and O–H groups in total. The van der Waals surface area contributed by atoms with Crippen LogP contribution in [0.15, 0.2) is 61.2 Å². The highest BCUT2D eigenvalue weighted by atomic mass is 16.6. The quantitative estimate of drug-likeness (QED) is 0.622. The minimum Gasteiger partial charge on any atom is -0.486 e. The minimum atomic E-state index is -0.233. The fraction of sp³-hybridized carbons (Fsp3) is 0.348. The molecule has 1 aromatic heterocycles.